The Balaban J connectivity index is 1.10. The lowest BCUT2D eigenvalue weighted by molar-refractivity contribution is -0.418. The first kappa shape index (κ1) is 42.0. The Hall–Kier alpha value is -3.71. The fourth-order valence-electron chi connectivity index (χ4n) is 7.73. The van der Waals surface area contributed by atoms with Gasteiger partial charge in [0.25, 0.3) is 0 Å². The number of rotatable bonds is 13. The lowest BCUT2D eigenvalue weighted by Gasteiger charge is -2.55. The van der Waals surface area contributed by atoms with E-state index in [2.05, 4.69) is 0 Å². The van der Waals surface area contributed by atoms with Crippen LogP contribution in [-0.2, 0) is 42.6 Å². The summed E-state index contributed by atoms with van der Waals surface area (Å²) in [4.78, 5) is 14.8. The maximum atomic E-state index is 14.1. The quantitative estimate of drug-likeness (QED) is 0.0695. The van der Waals surface area contributed by atoms with E-state index >= 15 is 0 Å². The van der Waals surface area contributed by atoms with Crippen LogP contribution in [0.3, 0.4) is 0 Å². The molecular weight excluding hydrogens is 804 g/mol. The molecule has 4 aliphatic heterocycles. The van der Waals surface area contributed by atoms with Gasteiger partial charge in [-0.15, -0.1) is 0 Å². The van der Waals surface area contributed by atoms with Gasteiger partial charge in [0.15, 0.2) is 30.8 Å². The first-order valence-electron chi connectivity index (χ1n) is 19.5. The number of carbonyl (C=O) groups excluding carboxylic acids is 1. The average molecular weight is 849 g/mol. The molecule has 8 rings (SSSR count). The van der Waals surface area contributed by atoms with E-state index in [-0.39, 0.29) is 38.4 Å². The van der Waals surface area contributed by atoms with Crippen molar-refractivity contribution in [2.24, 2.45) is 0 Å². The summed E-state index contributed by atoms with van der Waals surface area (Å²) in [6.45, 7) is 0.102. The van der Waals surface area contributed by atoms with Crippen molar-refractivity contribution in [3.8, 4) is 0 Å². The molecule has 4 heterocycles. The average Bonchev–Trinajstić information content (AvgIpc) is 3.27. The molecule has 0 radical (unpaired) electrons. The minimum atomic E-state index is -2.06. The topological polar surface area (TPSA) is 161 Å². The van der Waals surface area contributed by atoms with Gasteiger partial charge in [0.2, 0.25) is 0 Å². The van der Waals surface area contributed by atoms with Crippen molar-refractivity contribution in [3.63, 3.8) is 0 Å². The van der Waals surface area contributed by atoms with Crippen molar-refractivity contribution in [1.29, 1.82) is 0 Å². The van der Waals surface area contributed by atoms with Gasteiger partial charge in [-0.1, -0.05) is 115 Å². The first-order valence-corrected chi connectivity index (χ1v) is 20.3. The highest BCUT2D eigenvalue weighted by atomic mass is 35.5. The van der Waals surface area contributed by atoms with Crippen LogP contribution < -0.4 is 0 Å². The lowest BCUT2D eigenvalue weighted by atomic mass is 9.82. The van der Waals surface area contributed by atoms with Crippen LogP contribution in [0.5, 0.6) is 0 Å². The van der Waals surface area contributed by atoms with E-state index in [1.54, 1.807) is 0 Å². The Morgan fingerprint density at radius 3 is 1.90 bits per heavy atom. The molecule has 2 unspecified atom stereocenters. The first-order chi connectivity index (χ1) is 28.7. The Labute approximate surface area is 351 Å². The van der Waals surface area contributed by atoms with Gasteiger partial charge >= 0.3 is 5.97 Å². The van der Waals surface area contributed by atoms with Crippen molar-refractivity contribution >= 4 is 34.7 Å². The molecule has 0 amide bonds. The zero-order valence-corrected chi connectivity index (χ0v) is 33.3. The summed E-state index contributed by atoms with van der Waals surface area (Å²) < 4.78 is 56.3. The van der Waals surface area contributed by atoms with Gasteiger partial charge in [0.05, 0.1) is 32.0 Å². The molecule has 13 nitrogen and oxygen atoms in total. The zero-order valence-electron chi connectivity index (χ0n) is 31.8. The molecule has 4 aliphatic rings. The predicted octanol–water partition coefficient (Wildman–Crippen LogP) is 5.23. The number of benzene rings is 4. The molecule has 4 saturated heterocycles. The van der Waals surface area contributed by atoms with Gasteiger partial charge in [-0.2, -0.15) is 0 Å². The fraction of sp³-hybridized carbons (Fsp3) is 0.409. The summed E-state index contributed by atoms with van der Waals surface area (Å²) in [5.41, 5.74) is 0.393. The summed E-state index contributed by atoms with van der Waals surface area (Å²) in [5, 5.41) is 35.6. The normalized spacial score (nSPS) is 33.0. The number of thiocarbonyl (C=S) groups is 1. The Kier molecular flexibility index (Phi) is 13.5. The Morgan fingerprint density at radius 1 is 0.695 bits per heavy atom. The van der Waals surface area contributed by atoms with E-state index in [0.29, 0.717) is 21.9 Å². The maximum Gasteiger partial charge on any atom is 0.338 e. The predicted molar refractivity (Wildman–Crippen MR) is 214 cm³/mol. The van der Waals surface area contributed by atoms with Crippen molar-refractivity contribution < 1.29 is 62.7 Å². The number of ether oxygens (including phenoxy) is 9. The molecule has 0 bridgehead atoms. The van der Waals surface area contributed by atoms with Crippen LogP contribution in [0, 0.1) is 0 Å². The minimum Gasteiger partial charge on any atom is -0.447 e. The fourth-order valence-corrected chi connectivity index (χ4v) is 8.08. The minimum absolute atomic E-state index is 0.00781. The smallest absolute Gasteiger partial charge is 0.338 e. The van der Waals surface area contributed by atoms with Crippen LogP contribution in [0.25, 0.3) is 0 Å². The standard InChI is InChI=1S/C44H45ClO13S/c45-30-18-16-27(17-19-30)39(48)58-44(21-23-50-22-20-33(59)26-10-4-1-5-11-26)38(37-32(54-43(44)49)25-52-41(56-37)29-14-8-3-9-15-29)57-42-35(47)34(46)36-31(53-42)24-51-40(55-36)28-12-6-2-7-13-28/h1-19,31-32,34-38,40-43,46-47,49H,20-25H2/t31-,32-,34-,35-,36+,37+,38+,40?,41?,42-,43-,44-/m1/s1. The second-order valence-corrected chi connectivity index (χ2v) is 15.6. The van der Waals surface area contributed by atoms with E-state index in [0.717, 1.165) is 11.1 Å². The van der Waals surface area contributed by atoms with Crippen LogP contribution in [0.2, 0.25) is 5.02 Å². The number of hydrogen-bond donors (Lipinski definition) is 3. The van der Waals surface area contributed by atoms with Gasteiger partial charge in [0, 0.05) is 33.9 Å². The maximum absolute atomic E-state index is 14.1. The third-order valence-corrected chi connectivity index (χ3v) is 11.6. The molecule has 59 heavy (non-hydrogen) atoms. The molecule has 12 atom stereocenters. The lowest BCUT2D eigenvalue weighted by Crippen LogP contribution is -2.72. The van der Waals surface area contributed by atoms with E-state index < -0.39 is 79.5 Å². The molecule has 0 spiro atoms. The van der Waals surface area contributed by atoms with E-state index in [1.807, 2.05) is 91.0 Å². The molecule has 312 valence electrons. The summed E-state index contributed by atoms with van der Waals surface area (Å²) >= 11 is 11.8. The number of halogens is 1. The highest BCUT2D eigenvalue weighted by molar-refractivity contribution is 7.80. The largest absolute Gasteiger partial charge is 0.447 e. The molecule has 0 aromatic heterocycles. The summed E-state index contributed by atoms with van der Waals surface area (Å²) in [6.07, 6.45) is -13.3. The monoisotopic (exact) mass is 848 g/mol. The second kappa shape index (κ2) is 18.9. The van der Waals surface area contributed by atoms with Crippen LogP contribution in [0.15, 0.2) is 115 Å². The molecule has 4 aromatic rings. The van der Waals surface area contributed by atoms with Gasteiger partial charge in [-0.05, 0) is 29.8 Å². The third kappa shape index (κ3) is 9.31. The van der Waals surface area contributed by atoms with Crippen molar-refractivity contribution in [2.45, 2.75) is 86.3 Å². The highest BCUT2D eigenvalue weighted by Gasteiger charge is 2.63. The zero-order chi connectivity index (χ0) is 40.9. The van der Waals surface area contributed by atoms with Crippen molar-refractivity contribution in [1.82, 2.24) is 0 Å². The summed E-state index contributed by atoms with van der Waals surface area (Å²) in [6, 6.07) is 34.0. The second-order valence-electron chi connectivity index (χ2n) is 14.7. The van der Waals surface area contributed by atoms with Gasteiger partial charge in [-0.3, -0.25) is 0 Å². The molecule has 4 aromatic carbocycles. The van der Waals surface area contributed by atoms with Crippen LogP contribution in [0.1, 0.15) is 52.5 Å². The van der Waals surface area contributed by atoms with E-state index in [9.17, 15) is 20.1 Å². The molecule has 3 N–H and O–H groups in total. The van der Waals surface area contributed by atoms with Crippen LogP contribution in [-0.4, -0.2) is 113 Å². The van der Waals surface area contributed by atoms with E-state index in [1.165, 1.54) is 24.3 Å². The van der Waals surface area contributed by atoms with Crippen molar-refractivity contribution in [3.05, 3.63) is 143 Å². The molecule has 0 saturated carbocycles. The van der Waals surface area contributed by atoms with Gasteiger partial charge in [0.1, 0.15) is 42.7 Å². The Morgan fingerprint density at radius 2 is 1.27 bits per heavy atom. The number of carbonyl (C=O) groups is 1. The van der Waals surface area contributed by atoms with Gasteiger partial charge < -0.3 is 58.0 Å². The van der Waals surface area contributed by atoms with Crippen LogP contribution >= 0.6 is 23.8 Å². The summed E-state index contributed by atoms with van der Waals surface area (Å²) in [5.74, 6) is -0.834. The third-order valence-electron chi connectivity index (χ3n) is 10.9. The number of aliphatic hydroxyl groups excluding tert-OH is 3. The SMILES string of the molecule is O=C(O[C@@]1(CCOCCC(=S)c2ccccc2)[C@H](O)O[C@@H]2COC(c3ccccc3)O[C@@H]2[C@@H]1O[C@H]1O[C@@H]2COC(c3ccccc3)O[C@@H]2[C@H](O)[C@H]1O)c1ccc(Cl)cc1. The van der Waals surface area contributed by atoms with Crippen LogP contribution in [0.4, 0.5) is 0 Å². The molecule has 0 aliphatic carbocycles. The molecular formula is C44H45ClO13S. The number of fused-ring (bicyclic) bond motifs is 2. The van der Waals surface area contributed by atoms with Gasteiger partial charge in [-0.25, -0.2) is 4.79 Å². The molecule has 15 heteroatoms. The van der Waals surface area contributed by atoms with E-state index in [4.69, 9.17) is 66.5 Å². The molecule has 4 fully saturated rings. The highest BCUT2D eigenvalue weighted by Crippen LogP contribution is 2.45. The number of hydrogen-bond acceptors (Lipinski definition) is 14. The summed E-state index contributed by atoms with van der Waals surface area (Å²) in [7, 11) is 0. The number of aliphatic hydroxyl groups is 3. The number of esters is 1. The van der Waals surface area contributed by atoms with Crippen molar-refractivity contribution in [2.75, 3.05) is 26.4 Å². The Bertz CT molecular complexity index is 1990.